The Morgan fingerprint density at radius 2 is 1.95 bits per heavy atom. The molecule has 2 aromatic rings. The molecule has 1 aromatic carbocycles. The summed E-state index contributed by atoms with van der Waals surface area (Å²) >= 11 is 0. The molecule has 114 valence electrons. The van der Waals surface area contributed by atoms with Crippen molar-refractivity contribution in [1.29, 1.82) is 0 Å². The van der Waals surface area contributed by atoms with Crippen molar-refractivity contribution in [2.24, 2.45) is 0 Å². The van der Waals surface area contributed by atoms with Gasteiger partial charge in [-0.2, -0.15) is 5.10 Å². The van der Waals surface area contributed by atoms with Gasteiger partial charge in [-0.3, -0.25) is 4.68 Å². The molecule has 1 N–H and O–H groups in total. The van der Waals surface area contributed by atoms with Crippen LogP contribution in [0.25, 0.3) is 0 Å². The second-order valence-electron chi connectivity index (χ2n) is 5.54. The lowest BCUT2D eigenvalue weighted by molar-refractivity contribution is 0.437. The minimum atomic E-state index is 0.310. The van der Waals surface area contributed by atoms with Gasteiger partial charge in [0.15, 0.2) is 0 Å². The Hall–Kier alpha value is -1.61. The summed E-state index contributed by atoms with van der Waals surface area (Å²) in [6, 6.07) is 11.3. The summed E-state index contributed by atoms with van der Waals surface area (Å²) < 4.78 is 2.18. The quantitative estimate of drug-likeness (QED) is 0.841. The molecule has 0 saturated carbocycles. The van der Waals surface area contributed by atoms with E-state index in [1.165, 1.54) is 22.5 Å². The molecule has 0 fully saturated rings. The molecule has 0 radical (unpaired) electrons. The lowest BCUT2D eigenvalue weighted by atomic mass is 10.0. The number of aryl methyl sites for hydroxylation is 3. The van der Waals surface area contributed by atoms with Gasteiger partial charge in [0.05, 0.1) is 18.3 Å². The van der Waals surface area contributed by atoms with Crippen LogP contribution in [0.5, 0.6) is 0 Å². The highest BCUT2D eigenvalue weighted by Crippen LogP contribution is 2.18. The minimum Gasteiger partial charge on any atom is -0.309 e. The van der Waals surface area contributed by atoms with E-state index in [4.69, 9.17) is 5.10 Å². The van der Waals surface area contributed by atoms with Crippen LogP contribution in [0.3, 0.4) is 0 Å². The molecule has 1 aromatic heterocycles. The molecule has 1 atom stereocenters. The SMILES string of the molecule is CCNC(Cn1nc(CC)cc1CC)c1cccc(C)c1. The van der Waals surface area contributed by atoms with Crippen molar-refractivity contribution in [3.63, 3.8) is 0 Å². The number of nitrogens with one attached hydrogen (secondary N) is 1. The highest BCUT2D eigenvalue weighted by Gasteiger charge is 2.14. The normalized spacial score (nSPS) is 12.6. The van der Waals surface area contributed by atoms with E-state index in [1.807, 2.05) is 0 Å². The molecular weight excluding hydrogens is 258 g/mol. The zero-order chi connectivity index (χ0) is 15.2. The van der Waals surface area contributed by atoms with Gasteiger partial charge in [-0.15, -0.1) is 0 Å². The fourth-order valence-electron chi connectivity index (χ4n) is 2.72. The van der Waals surface area contributed by atoms with Crippen LogP contribution in [-0.4, -0.2) is 16.3 Å². The highest BCUT2D eigenvalue weighted by atomic mass is 15.3. The number of nitrogens with zero attached hydrogens (tertiary/aromatic N) is 2. The Morgan fingerprint density at radius 3 is 2.57 bits per heavy atom. The predicted molar refractivity (Wildman–Crippen MR) is 88.6 cm³/mol. The van der Waals surface area contributed by atoms with E-state index in [-0.39, 0.29) is 0 Å². The Bertz CT molecular complexity index is 572. The molecular formula is C18H27N3. The lowest BCUT2D eigenvalue weighted by Gasteiger charge is -2.20. The number of hydrogen-bond donors (Lipinski definition) is 1. The number of rotatable bonds is 7. The summed E-state index contributed by atoms with van der Waals surface area (Å²) in [5.74, 6) is 0. The number of likely N-dealkylation sites (N-methyl/N-ethyl adjacent to an activating group) is 1. The maximum Gasteiger partial charge on any atom is 0.0624 e. The fourth-order valence-corrected chi connectivity index (χ4v) is 2.72. The third kappa shape index (κ3) is 3.94. The van der Waals surface area contributed by atoms with Crippen molar-refractivity contribution in [3.05, 3.63) is 52.8 Å². The standard InChI is InChI=1S/C18H27N3/c1-5-16-12-17(6-2)21(20-16)13-18(19-7-3)15-10-8-9-14(4)11-15/h8-12,18-19H,5-7,13H2,1-4H3. The Labute approximate surface area is 128 Å². The van der Waals surface area contributed by atoms with Crippen molar-refractivity contribution in [3.8, 4) is 0 Å². The third-order valence-corrected chi connectivity index (χ3v) is 3.89. The molecule has 0 aliphatic rings. The first-order valence-corrected chi connectivity index (χ1v) is 8.03. The predicted octanol–water partition coefficient (Wildman–Crippen LogP) is 3.67. The summed E-state index contributed by atoms with van der Waals surface area (Å²) in [7, 11) is 0. The van der Waals surface area contributed by atoms with Crippen LogP contribution in [0.1, 0.15) is 49.3 Å². The van der Waals surface area contributed by atoms with Crippen molar-refractivity contribution < 1.29 is 0 Å². The van der Waals surface area contributed by atoms with Crippen LogP contribution in [0.4, 0.5) is 0 Å². The van der Waals surface area contributed by atoms with E-state index < -0.39 is 0 Å². The van der Waals surface area contributed by atoms with E-state index in [2.05, 4.69) is 68.0 Å². The van der Waals surface area contributed by atoms with Crippen molar-refractivity contribution in [2.75, 3.05) is 6.54 Å². The van der Waals surface area contributed by atoms with Crippen LogP contribution >= 0.6 is 0 Å². The second kappa shape index (κ2) is 7.41. The van der Waals surface area contributed by atoms with E-state index in [0.717, 1.165) is 25.9 Å². The summed E-state index contributed by atoms with van der Waals surface area (Å²) in [6.45, 7) is 10.5. The highest BCUT2D eigenvalue weighted by molar-refractivity contribution is 5.25. The molecule has 2 rings (SSSR count). The Morgan fingerprint density at radius 1 is 1.14 bits per heavy atom. The molecule has 1 heterocycles. The van der Waals surface area contributed by atoms with Gasteiger partial charge in [0.1, 0.15) is 0 Å². The van der Waals surface area contributed by atoms with E-state index >= 15 is 0 Å². The lowest BCUT2D eigenvalue weighted by Crippen LogP contribution is -2.26. The van der Waals surface area contributed by atoms with Gasteiger partial charge < -0.3 is 5.32 Å². The van der Waals surface area contributed by atoms with E-state index in [9.17, 15) is 0 Å². The molecule has 3 nitrogen and oxygen atoms in total. The van der Waals surface area contributed by atoms with Crippen LogP contribution < -0.4 is 5.32 Å². The average Bonchev–Trinajstić information content (AvgIpc) is 2.89. The van der Waals surface area contributed by atoms with Crippen LogP contribution in [-0.2, 0) is 19.4 Å². The van der Waals surface area contributed by atoms with E-state index in [0.29, 0.717) is 6.04 Å². The zero-order valence-corrected chi connectivity index (χ0v) is 13.7. The first kappa shape index (κ1) is 15.8. The molecule has 0 bridgehead atoms. The second-order valence-corrected chi connectivity index (χ2v) is 5.54. The molecule has 3 heteroatoms. The first-order chi connectivity index (χ1) is 10.2. The van der Waals surface area contributed by atoms with Crippen LogP contribution in [0.2, 0.25) is 0 Å². The molecule has 1 unspecified atom stereocenters. The molecule has 0 aliphatic heterocycles. The monoisotopic (exact) mass is 285 g/mol. The van der Waals surface area contributed by atoms with Gasteiger partial charge in [-0.25, -0.2) is 0 Å². The maximum absolute atomic E-state index is 4.75. The van der Waals surface area contributed by atoms with Crippen molar-refractivity contribution >= 4 is 0 Å². The smallest absolute Gasteiger partial charge is 0.0624 e. The number of aromatic nitrogens is 2. The summed E-state index contributed by atoms with van der Waals surface area (Å²) in [5, 5.41) is 8.34. The Kier molecular flexibility index (Phi) is 5.57. The largest absolute Gasteiger partial charge is 0.309 e. The third-order valence-electron chi connectivity index (χ3n) is 3.89. The van der Waals surface area contributed by atoms with Gasteiger partial charge in [-0.05, 0) is 37.9 Å². The van der Waals surface area contributed by atoms with Crippen LogP contribution in [0.15, 0.2) is 30.3 Å². The van der Waals surface area contributed by atoms with Gasteiger partial charge in [0.2, 0.25) is 0 Å². The Balaban J connectivity index is 2.25. The van der Waals surface area contributed by atoms with Crippen molar-refractivity contribution in [1.82, 2.24) is 15.1 Å². The van der Waals surface area contributed by atoms with E-state index in [1.54, 1.807) is 0 Å². The molecule has 21 heavy (non-hydrogen) atoms. The number of hydrogen-bond acceptors (Lipinski definition) is 2. The summed E-state index contributed by atoms with van der Waals surface area (Å²) in [6.07, 6.45) is 2.02. The van der Waals surface area contributed by atoms with Crippen LogP contribution in [0, 0.1) is 6.92 Å². The topological polar surface area (TPSA) is 29.9 Å². The number of benzene rings is 1. The minimum absolute atomic E-state index is 0.310. The van der Waals surface area contributed by atoms with Crippen molar-refractivity contribution in [2.45, 2.75) is 53.1 Å². The molecule has 0 saturated heterocycles. The summed E-state index contributed by atoms with van der Waals surface area (Å²) in [4.78, 5) is 0. The van der Waals surface area contributed by atoms with Gasteiger partial charge >= 0.3 is 0 Å². The zero-order valence-electron chi connectivity index (χ0n) is 13.7. The average molecular weight is 285 g/mol. The molecule has 0 spiro atoms. The fraction of sp³-hybridized carbons (Fsp3) is 0.500. The van der Waals surface area contributed by atoms with Gasteiger partial charge in [0.25, 0.3) is 0 Å². The van der Waals surface area contributed by atoms with Gasteiger partial charge in [0, 0.05) is 5.69 Å². The summed E-state index contributed by atoms with van der Waals surface area (Å²) in [5.41, 5.74) is 5.15. The molecule has 0 aliphatic carbocycles. The first-order valence-electron chi connectivity index (χ1n) is 8.03. The van der Waals surface area contributed by atoms with Gasteiger partial charge in [-0.1, -0.05) is 50.6 Å². The maximum atomic E-state index is 4.75. The molecule has 0 amide bonds.